The van der Waals surface area contributed by atoms with E-state index in [0.29, 0.717) is 0 Å². The second-order valence-corrected chi connectivity index (χ2v) is 26.9. The van der Waals surface area contributed by atoms with Crippen LogP contribution in [-0.4, -0.2) is 119 Å². The number of nitrogens with zero attached hydrogens (tertiary/aromatic N) is 4. The van der Waals surface area contributed by atoms with Gasteiger partial charge in [0.05, 0.1) is 0 Å². The van der Waals surface area contributed by atoms with Crippen LogP contribution in [0.4, 0.5) is 0 Å². The quantitative estimate of drug-likeness (QED) is 0.173. The molecule has 0 unspecified atom stereocenters. The summed E-state index contributed by atoms with van der Waals surface area (Å²) < 4.78 is 25.7. The van der Waals surface area contributed by atoms with Crippen LogP contribution in [0.5, 0.6) is 23.0 Å². The molecule has 8 nitrogen and oxygen atoms in total. The van der Waals surface area contributed by atoms with Gasteiger partial charge in [-0.05, 0) is 152 Å². The molecule has 12 aliphatic heterocycles. The van der Waals surface area contributed by atoms with Gasteiger partial charge in [0.15, 0.2) is 0 Å². The van der Waals surface area contributed by atoms with E-state index in [2.05, 4.69) is 120 Å². The van der Waals surface area contributed by atoms with E-state index < -0.39 is 0 Å². The van der Waals surface area contributed by atoms with Crippen LogP contribution in [0.25, 0.3) is 0 Å². The molecule has 0 bridgehead atoms. The van der Waals surface area contributed by atoms with Crippen molar-refractivity contribution in [2.75, 3.05) is 52.4 Å². The van der Waals surface area contributed by atoms with Gasteiger partial charge in [-0.15, -0.1) is 0 Å². The minimum absolute atomic E-state index is 0.120. The number of aryl methyl sites for hydroxylation is 4. The predicted molar refractivity (Wildman–Crippen MR) is 307 cm³/mol. The van der Waals surface area contributed by atoms with Crippen molar-refractivity contribution in [1.82, 2.24) is 19.6 Å². The van der Waals surface area contributed by atoms with E-state index in [-0.39, 0.29) is 22.4 Å². The van der Waals surface area contributed by atoms with Crippen molar-refractivity contribution in [1.29, 1.82) is 0 Å². The Labute approximate surface area is 457 Å². The fraction of sp³-hybridized carbons (Fsp3) is 0.647. The number of hydrogen-bond donors (Lipinski definition) is 0. The van der Waals surface area contributed by atoms with Crippen molar-refractivity contribution in [3.63, 3.8) is 0 Å². The van der Waals surface area contributed by atoms with Crippen LogP contribution in [0.3, 0.4) is 0 Å². The van der Waals surface area contributed by atoms with Gasteiger partial charge >= 0.3 is 0 Å². The lowest BCUT2D eigenvalue weighted by molar-refractivity contribution is -0.0252. The van der Waals surface area contributed by atoms with E-state index in [9.17, 15) is 0 Å². The zero-order valence-corrected chi connectivity index (χ0v) is 47.3. The molecule has 12 heterocycles. The van der Waals surface area contributed by atoms with E-state index in [1.165, 1.54) is 225 Å². The smallest absolute Gasteiger partial charge is 0.123 e. The van der Waals surface area contributed by atoms with Gasteiger partial charge in [0, 0.05) is 127 Å². The van der Waals surface area contributed by atoms with Crippen molar-refractivity contribution >= 4 is 0 Å². The van der Waals surface area contributed by atoms with Gasteiger partial charge in [-0.3, -0.25) is 0 Å². The van der Waals surface area contributed by atoms with E-state index in [0.717, 1.165) is 72.8 Å². The average Bonchev–Trinajstić information content (AvgIpc) is 4.21. The lowest BCUT2D eigenvalue weighted by Crippen LogP contribution is -2.54. The first-order chi connectivity index (χ1) is 37.0. The molecule has 8 saturated heterocycles. The lowest BCUT2D eigenvalue weighted by atomic mass is 9.80. The summed E-state index contributed by atoms with van der Waals surface area (Å²) in [5, 5.41) is 0. The van der Waals surface area contributed by atoms with Gasteiger partial charge in [0.2, 0.25) is 0 Å². The standard InChI is InChI=1S/4C17H23NO/c4*1-13-5-6-16-14(10-13)11-17(19-16)7-9-18-8-3-2-4-15(18)12-17/h4*5-6,10,15H,2-4,7-9,11-12H2,1H3/t2*15-,17+;2*15-,17-/m1010/s1. The second-order valence-electron chi connectivity index (χ2n) is 26.9. The summed E-state index contributed by atoms with van der Waals surface area (Å²) in [4.78, 5) is 10.8. The summed E-state index contributed by atoms with van der Waals surface area (Å²) in [6, 6.07) is 29.8. The van der Waals surface area contributed by atoms with Gasteiger partial charge in [-0.1, -0.05) is 96.5 Å². The molecule has 4 aromatic rings. The normalized spacial score (nSPS) is 33.8. The molecule has 0 aliphatic carbocycles. The van der Waals surface area contributed by atoms with Crippen LogP contribution >= 0.6 is 0 Å². The topological polar surface area (TPSA) is 49.9 Å². The minimum atomic E-state index is 0.120. The summed E-state index contributed by atoms with van der Waals surface area (Å²) in [6.07, 6.45) is 31.0. The molecule has 8 atom stereocenters. The molecule has 12 aliphatic rings. The van der Waals surface area contributed by atoms with Gasteiger partial charge in [-0.25, -0.2) is 0 Å². The zero-order valence-electron chi connectivity index (χ0n) is 47.3. The van der Waals surface area contributed by atoms with Crippen molar-refractivity contribution in [3.05, 3.63) is 117 Å². The number of fused-ring (bicyclic) bond motifs is 8. The molecule has 76 heavy (non-hydrogen) atoms. The van der Waals surface area contributed by atoms with Crippen LogP contribution in [0, 0.1) is 27.7 Å². The molecular weight excluding hydrogens is 937 g/mol. The molecule has 4 spiro atoms. The number of benzene rings is 4. The summed E-state index contributed by atoms with van der Waals surface area (Å²) >= 11 is 0. The van der Waals surface area contributed by atoms with Crippen LogP contribution in [0.2, 0.25) is 0 Å². The fourth-order valence-electron chi connectivity index (χ4n) is 17.1. The zero-order chi connectivity index (χ0) is 51.5. The fourth-order valence-corrected chi connectivity index (χ4v) is 17.1. The van der Waals surface area contributed by atoms with Crippen molar-refractivity contribution in [2.24, 2.45) is 0 Å². The highest BCUT2D eigenvalue weighted by atomic mass is 16.5. The van der Waals surface area contributed by atoms with Gasteiger partial charge in [-0.2, -0.15) is 0 Å². The minimum Gasteiger partial charge on any atom is -0.487 e. The van der Waals surface area contributed by atoms with Crippen molar-refractivity contribution in [3.8, 4) is 23.0 Å². The van der Waals surface area contributed by atoms with E-state index in [1.807, 2.05) is 0 Å². The SMILES string of the molecule is Cc1ccc2c(c1)C[C@@]1(CCN3CCCC[C@@H]3C1)O2.Cc1ccc2c(c1)C[C@@]1(CCN3CCCC[C@H]3C1)O2.Cc1ccc2c(c1)C[C@]1(CCN3CCCC[C@@H]3C1)O2.Cc1ccc2c(c1)C[C@]1(CCN3CCCC[C@H]3C1)O2. The summed E-state index contributed by atoms with van der Waals surface area (Å²) in [6.45, 7) is 18.9. The molecular formula is C68H92N4O4. The maximum atomic E-state index is 6.41. The number of piperidine rings is 8. The maximum absolute atomic E-state index is 6.41. The molecule has 8 heteroatoms. The summed E-state index contributed by atoms with van der Waals surface area (Å²) in [7, 11) is 0. The van der Waals surface area contributed by atoms with Crippen molar-refractivity contribution < 1.29 is 18.9 Å². The third-order valence-corrected chi connectivity index (χ3v) is 21.1. The van der Waals surface area contributed by atoms with Gasteiger partial charge in [0.1, 0.15) is 45.4 Å². The number of rotatable bonds is 0. The molecule has 16 rings (SSSR count). The third-order valence-electron chi connectivity index (χ3n) is 21.1. The largest absolute Gasteiger partial charge is 0.487 e. The first-order valence-electron chi connectivity index (χ1n) is 31.1. The Morgan fingerprint density at radius 1 is 0.316 bits per heavy atom. The Morgan fingerprint density at radius 2 is 0.553 bits per heavy atom. The lowest BCUT2D eigenvalue weighted by Gasteiger charge is -2.46. The molecule has 8 fully saturated rings. The molecule has 0 amide bonds. The highest BCUT2D eigenvalue weighted by molar-refractivity contribution is 5.45. The second kappa shape index (κ2) is 21.2. The monoisotopic (exact) mass is 1030 g/mol. The molecule has 0 radical (unpaired) electrons. The Hall–Kier alpha value is -4.08. The first kappa shape index (κ1) is 51.4. The Morgan fingerprint density at radius 3 is 0.789 bits per heavy atom. The first-order valence-corrected chi connectivity index (χ1v) is 31.1. The average molecular weight is 1030 g/mol. The molecule has 0 saturated carbocycles. The molecule has 0 aromatic heterocycles. The Kier molecular flexibility index (Phi) is 14.3. The number of ether oxygens (including phenoxy) is 4. The predicted octanol–water partition coefficient (Wildman–Crippen LogP) is 13.3. The van der Waals surface area contributed by atoms with Crippen LogP contribution < -0.4 is 18.9 Å². The van der Waals surface area contributed by atoms with Crippen molar-refractivity contribution in [2.45, 2.75) is 228 Å². The molecule has 408 valence electrons. The van der Waals surface area contributed by atoms with Crippen LogP contribution in [-0.2, 0) is 25.7 Å². The Balaban J connectivity index is 0.0000000970. The van der Waals surface area contributed by atoms with E-state index >= 15 is 0 Å². The summed E-state index contributed by atoms with van der Waals surface area (Å²) in [5.74, 6) is 4.59. The van der Waals surface area contributed by atoms with Crippen LogP contribution in [0.15, 0.2) is 72.8 Å². The maximum Gasteiger partial charge on any atom is 0.123 e. The highest BCUT2D eigenvalue weighted by Crippen LogP contribution is 2.48. The van der Waals surface area contributed by atoms with Crippen LogP contribution in [0.1, 0.15) is 173 Å². The third kappa shape index (κ3) is 10.7. The number of hydrogen-bond acceptors (Lipinski definition) is 8. The van der Waals surface area contributed by atoms with E-state index in [4.69, 9.17) is 18.9 Å². The summed E-state index contributed by atoms with van der Waals surface area (Å²) in [5.41, 5.74) is 11.6. The van der Waals surface area contributed by atoms with Gasteiger partial charge in [0.25, 0.3) is 0 Å². The highest BCUT2D eigenvalue weighted by Gasteiger charge is 2.50. The Bertz CT molecular complexity index is 2360. The molecule has 0 N–H and O–H groups in total. The molecule has 4 aromatic carbocycles. The van der Waals surface area contributed by atoms with Gasteiger partial charge < -0.3 is 38.5 Å². The van der Waals surface area contributed by atoms with E-state index in [1.54, 1.807) is 0 Å².